The SMILES string of the molecule is CN1C(=O)C2(CCN(C(=O)C3(c4ccccc4)CC3)CC2)c2ccccc21. The second-order valence-corrected chi connectivity index (χ2v) is 8.20. The van der Waals surface area contributed by atoms with E-state index in [1.807, 2.05) is 48.3 Å². The number of likely N-dealkylation sites (tertiary alicyclic amines) is 1. The van der Waals surface area contributed by atoms with Gasteiger partial charge in [0.05, 0.1) is 10.8 Å². The number of piperidine rings is 1. The van der Waals surface area contributed by atoms with E-state index in [0.29, 0.717) is 25.9 Å². The summed E-state index contributed by atoms with van der Waals surface area (Å²) in [5.74, 6) is 0.427. The van der Waals surface area contributed by atoms with Gasteiger partial charge in [0.15, 0.2) is 0 Å². The molecule has 4 heteroatoms. The fourth-order valence-electron chi connectivity index (χ4n) is 5.10. The molecule has 0 bridgehead atoms. The molecule has 2 heterocycles. The number of rotatable bonds is 2. The lowest BCUT2D eigenvalue weighted by atomic mass is 9.73. The number of likely N-dealkylation sites (N-methyl/N-ethyl adjacent to an activating group) is 1. The predicted octanol–water partition coefficient (Wildman–Crippen LogP) is 3.26. The number of hydrogen-bond acceptors (Lipinski definition) is 2. The first-order valence-electron chi connectivity index (χ1n) is 9.81. The quantitative estimate of drug-likeness (QED) is 0.825. The van der Waals surface area contributed by atoms with Crippen LogP contribution >= 0.6 is 0 Å². The molecule has 2 aromatic carbocycles. The Morgan fingerprint density at radius 2 is 1.52 bits per heavy atom. The third-order valence-electron chi connectivity index (χ3n) is 6.88. The second kappa shape index (κ2) is 5.69. The standard InChI is InChI=1S/C23H24N2O2/c1-24-19-10-6-5-9-18(19)23(20(24)26)13-15-25(16-14-23)21(27)22(11-12-22)17-7-3-2-4-8-17/h2-10H,11-16H2,1H3. The first kappa shape index (κ1) is 16.5. The maximum Gasteiger partial charge on any atom is 0.237 e. The third kappa shape index (κ3) is 2.22. The molecule has 1 aliphatic carbocycles. The van der Waals surface area contributed by atoms with Crippen LogP contribution in [0.2, 0.25) is 0 Å². The summed E-state index contributed by atoms with van der Waals surface area (Å²) in [7, 11) is 1.86. The van der Waals surface area contributed by atoms with Crippen LogP contribution in [-0.4, -0.2) is 36.9 Å². The molecule has 2 fully saturated rings. The first-order valence-corrected chi connectivity index (χ1v) is 9.81. The van der Waals surface area contributed by atoms with Gasteiger partial charge < -0.3 is 9.80 Å². The molecular formula is C23H24N2O2. The van der Waals surface area contributed by atoms with E-state index in [1.54, 1.807) is 4.90 Å². The van der Waals surface area contributed by atoms with E-state index in [-0.39, 0.29) is 17.2 Å². The Kier molecular flexibility index (Phi) is 3.48. The molecule has 2 aliphatic heterocycles. The van der Waals surface area contributed by atoms with E-state index in [1.165, 1.54) is 0 Å². The Labute approximate surface area is 159 Å². The number of carbonyl (C=O) groups is 2. The molecule has 0 aromatic heterocycles. The lowest BCUT2D eigenvalue weighted by Crippen LogP contribution is -2.51. The average molecular weight is 360 g/mol. The number of amides is 2. The number of fused-ring (bicyclic) bond motifs is 2. The van der Waals surface area contributed by atoms with Crippen LogP contribution in [0.5, 0.6) is 0 Å². The zero-order chi connectivity index (χ0) is 18.6. The number of hydrogen-bond donors (Lipinski definition) is 0. The molecular weight excluding hydrogens is 336 g/mol. The van der Waals surface area contributed by atoms with Gasteiger partial charge >= 0.3 is 0 Å². The number of benzene rings is 2. The van der Waals surface area contributed by atoms with Crippen molar-refractivity contribution in [2.24, 2.45) is 0 Å². The van der Waals surface area contributed by atoms with Crippen LogP contribution < -0.4 is 4.90 Å². The zero-order valence-corrected chi connectivity index (χ0v) is 15.6. The van der Waals surface area contributed by atoms with Gasteiger partial charge in [0.2, 0.25) is 11.8 Å². The van der Waals surface area contributed by atoms with Gasteiger partial charge in [0.25, 0.3) is 0 Å². The Morgan fingerprint density at radius 3 is 2.19 bits per heavy atom. The van der Waals surface area contributed by atoms with Gasteiger partial charge in [-0.15, -0.1) is 0 Å². The highest BCUT2D eigenvalue weighted by Gasteiger charge is 2.56. The van der Waals surface area contributed by atoms with Gasteiger partial charge in [-0.25, -0.2) is 0 Å². The summed E-state index contributed by atoms with van der Waals surface area (Å²) >= 11 is 0. The molecule has 27 heavy (non-hydrogen) atoms. The minimum Gasteiger partial charge on any atom is -0.342 e. The number of para-hydroxylation sites is 1. The van der Waals surface area contributed by atoms with Crippen molar-refractivity contribution in [3.05, 3.63) is 65.7 Å². The van der Waals surface area contributed by atoms with E-state index < -0.39 is 5.41 Å². The van der Waals surface area contributed by atoms with Crippen molar-refractivity contribution < 1.29 is 9.59 Å². The van der Waals surface area contributed by atoms with E-state index in [9.17, 15) is 9.59 Å². The molecule has 3 aliphatic rings. The van der Waals surface area contributed by atoms with Gasteiger partial charge in [-0.05, 0) is 42.9 Å². The summed E-state index contributed by atoms with van der Waals surface area (Å²) < 4.78 is 0. The maximum absolute atomic E-state index is 13.3. The molecule has 1 spiro atoms. The van der Waals surface area contributed by atoms with Crippen LogP contribution in [0.4, 0.5) is 5.69 Å². The van der Waals surface area contributed by atoms with Crippen molar-refractivity contribution in [1.82, 2.24) is 4.90 Å². The van der Waals surface area contributed by atoms with Crippen molar-refractivity contribution in [3.63, 3.8) is 0 Å². The van der Waals surface area contributed by atoms with Crippen molar-refractivity contribution in [3.8, 4) is 0 Å². The van der Waals surface area contributed by atoms with Gasteiger partial charge in [-0.2, -0.15) is 0 Å². The monoisotopic (exact) mass is 360 g/mol. The van der Waals surface area contributed by atoms with Crippen LogP contribution in [0.1, 0.15) is 36.8 Å². The van der Waals surface area contributed by atoms with Gasteiger partial charge in [-0.1, -0.05) is 48.5 Å². The van der Waals surface area contributed by atoms with Crippen LogP contribution in [0, 0.1) is 0 Å². The van der Waals surface area contributed by atoms with Crippen molar-refractivity contribution in [2.75, 3.05) is 25.0 Å². The minimum atomic E-state index is -0.453. The molecule has 1 saturated heterocycles. The van der Waals surface area contributed by atoms with Crippen molar-refractivity contribution >= 4 is 17.5 Å². The molecule has 5 rings (SSSR count). The lowest BCUT2D eigenvalue weighted by Gasteiger charge is -2.39. The normalized spacial score (nSPS) is 22.0. The first-order chi connectivity index (χ1) is 13.1. The van der Waals surface area contributed by atoms with Crippen LogP contribution in [0.25, 0.3) is 0 Å². The fourth-order valence-corrected chi connectivity index (χ4v) is 5.10. The summed E-state index contributed by atoms with van der Waals surface area (Å²) in [6, 6.07) is 18.3. The molecule has 2 aromatic rings. The van der Waals surface area contributed by atoms with Gasteiger partial charge in [0, 0.05) is 25.8 Å². The van der Waals surface area contributed by atoms with Crippen molar-refractivity contribution in [1.29, 1.82) is 0 Å². The average Bonchev–Trinajstić information content (AvgIpc) is 3.52. The largest absolute Gasteiger partial charge is 0.342 e. The summed E-state index contributed by atoms with van der Waals surface area (Å²) in [6.07, 6.45) is 3.29. The highest BCUT2D eigenvalue weighted by Crippen LogP contribution is 2.52. The zero-order valence-electron chi connectivity index (χ0n) is 15.6. The molecule has 2 amide bonds. The molecule has 0 N–H and O–H groups in total. The van der Waals surface area contributed by atoms with Gasteiger partial charge in [0.1, 0.15) is 0 Å². The summed E-state index contributed by atoms with van der Waals surface area (Å²) in [5, 5.41) is 0. The molecule has 4 nitrogen and oxygen atoms in total. The van der Waals surface area contributed by atoms with E-state index in [2.05, 4.69) is 18.2 Å². The Hall–Kier alpha value is -2.62. The fraction of sp³-hybridized carbons (Fsp3) is 0.391. The molecule has 138 valence electrons. The Morgan fingerprint density at radius 1 is 0.889 bits per heavy atom. The van der Waals surface area contributed by atoms with Crippen LogP contribution in [0.15, 0.2) is 54.6 Å². The van der Waals surface area contributed by atoms with E-state index in [0.717, 1.165) is 29.7 Å². The van der Waals surface area contributed by atoms with Crippen LogP contribution in [0.3, 0.4) is 0 Å². The summed E-state index contributed by atoms with van der Waals surface area (Å²) in [4.78, 5) is 30.2. The highest BCUT2D eigenvalue weighted by molar-refractivity contribution is 6.08. The lowest BCUT2D eigenvalue weighted by molar-refractivity contribution is -0.137. The van der Waals surface area contributed by atoms with E-state index in [4.69, 9.17) is 0 Å². The third-order valence-corrected chi connectivity index (χ3v) is 6.88. The smallest absolute Gasteiger partial charge is 0.237 e. The predicted molar refractivity (Wildman–Crippen MR) is 105 cm³/mol. The molecule has 0 atom stereocenters. The highest BCUT2D eigenvalue weighted by atomic mass is 16.2. The number of carbonyl (C=O) groups excluding carboxylic acids is 2. The molecule has 0 radical (unpaired) electrons. The Balaban J connectivity index is 1.38. The maximum atomic E-state index is 13.3. The topological polar surface area (TPSA) is 40.6 Å². The molecule has 0 unspecified atom stereocenters. The van der Waals surface area contributed by atoms with E-state index >= 15 is 0 Å². The Bertz CT molecular complexity index is 909. The molecule has 1 saturated carbocycles. The second-order valence-electron chi connectivity index (χ2n) is 8.20. The minimum absolute atomic E-state index is 0.181. The van der Waals surface area contributed by atoms with Gasteiger partial charge in [-0.3, -0.25) is 9.59 Å². The van der Waals surface area contributed by atoms with Crippen LogP contribution in [-0.2, 0) is 20.4 Å². The summed E-state index contributed by atoms with van der Waals surface area (Å²) in [6.45, 7) is 1.31. The number of nitrogens with zero attached hydrogens (tertiary/aromatic N) is 2. The number of anilines is 1. The summed E-state index contributed by atoms with van der Waals surface area (Å²) in [5.41, 5.74) is 2.52. The van der Waals surface area contributed by atoms with Crippen molar-refractivity contribution in [2.45, 2.75) is 36.5 Å².